The summed E-state index contributed by atoms with van der Waals surface area (Å²) in [5.74, 6) is 0.796. The number of nitrogens with one attached hydrogen (secondary N) is 1. The Hall–Kier alpha value is -4.85. The number of rotatable bonds is 10. The number of nitro benzene ring substituents is 1. The van der Waals surface area contributed by atoms with Crippen molar-refractivity contribution in [2.75, 3.05) is 11.9 Å². The molecule has 0 spiro atoms. The molecule has 5 aromatic rings. The number of amides is 1. The lowest BCUT2D eigenvalue weighted by molar-refractivity contribution is -0.384. The van der Waals surface area contributed by atoms with Gasteiger partial charge in [0.1, 0.15) is 18.1 Å². The number of anilines is 1. The van der Waals surface area contributed by atoms with E-state index in [9.17, 15) is 19.7 Å². The highest BCUT2D eigenvalue weighted by atomic mass is 79.9. The van der Waals surface area contributed by atoms with Gasteiger partial charge in [0.15, 0.2) is 4.80 Å². The van der Waals surface area contributed by atoms with Gasteiger partial charge in [-0.3, -0.25) is 24.3 Å². The van der Waals surface area contributed by atoms with Gasteiger partial charge in [0.2, 0.25) is 0 Å². The van der Waals surface area contributed by atoms with Gasteiger partial charge in [-0.2, -0.15) is 0 Å². The van der Waals surface area contributed by atoms with E-state index in [1.54, 1.807) is 41.8 Å². The van der Waals surface area contributed by atoms with Crippen LogP contribution in [0.2, 0.25) is 0 Å². The van der Waals surface area contributed by atoms with Crippen LogP contribution in [0.15, 0.2) is 121 Å². The molecule has 10 nitrogen and oxygen atoms in total. The zero-order chi connectivity index (χ0) is 34.7. The lowest BCUT2D eigenvalue weighted by atomic mass is 9.95. The molecule has 49 heavy (non-hydrogen) atoms. The number of fused-ring (bicyclic) bond motifs is 1. The zero-order valence-corrected chi connectivity index (χ0v) is 30.2. The van der Waals surface area contributed by atoms with Crippen LogP contribution in [0.25, 0.3) is 6.08 Å². The van der Waals surface area contributed by atoms with E-state index in [1.807, 2.05) is 61.5 Å². The molecule has 1 aromatic heterocycles. The van der Waals surface area contributed by atoms with E-state index < -0.39 is 11.0 Å². The Morgan fingerprint density at radius 2 is 1.76 bits per heavy atom. The summed E-state index contributed by atoms with van der Waals surface area (Å²) in [5.41, 5.74) is 3.21. The number of nitrogens with zero attached hydrogens (tertiary/aromatic N) is 3. The Morgan fingerprint density at radius 1 is 1.04 bits per heavy atom. The molecule has 248 valence electrons. The Balaban J connectivity index is 1.43. The van der Waals surface area contributed by atoms with Gasteiger partial charge in [0.25, 0.3) is 17.2 Å². The third-order valence-corrected chi connectivity index (χ3v) is 9.69. The fraction of sp³-hybridized carbons (Fsp3) is 0.139. The molecule has 1 aliphatic rings. The third-order valence-electron chi connectivity index (χ3n) is 7.66. The van der Waals surface area contributed by atoms with Crippen LogP contribution in [0.3, 0.4) is 0 Å². The van der Waals surface area contributed by atoms with Crippen LogP contribution in [-0.2, 0) is 11.4 Å². The molecule has 1 amide bonds. The predicted octanol–water partition coefficient (Wildman–Crippen LogP) is 7.28. The largest absolute Gasteiger partial charge is 0.494 e. The van der Waals surface area contributed by atoms with Crippen molar-refractivity contribution in [1.82, 2.24) is 4.57 Å². The monoisotopic (exact) mass is 802 g/mol. The minimum atomic E-state index is -0.759. The van der Waals surface area contributed by atoms with Crippen LogP contribution < -0.4 is 29.7 Å². The number of ether oxygens (including phenoxy) is 2. The highest BCUT2D eigenvalue weighted by Crippen LogP contribution is 2.35. The van der Waals surface area contributed by atoms with Crippen molar-refractivity contribution in [2.24, 2.45) is 4.99 Å². The number of aromatic nitrogens is 1. The van der Waals surface area contributed by atoms with E-state index in [4.69, 9.17) is 14.5 Å². The maximum Gasteiger partial charge on any atom is 0.271 e. The number of para-hydroxylation sites is 1. The van der Waals surface area contributed by atoms with Gasteiger partial charge in [-0.05, 0) is 95.5 Å². The quantitative estimate of drug-likeness (QED) is 0.117. The first-order chi connectivity index (χ1) is 23.6. The average molecular weight is 805 g/mol. The van der Waals surface area contributed by atoms with Crippen LogP contribution in [0.1, 0.15) is 36.6 Å². The highest BCUT2D eigenvalue weighted by molar-refractivity contribution is 9.11. The molecule has 0 bridgehead atoms. The number of carbonyl (C=O) groups excluding carboxylic acids is 1. The Bertz CT molecular complexity index is 2270. The van der Waals surface area contributed by atoms with Crippen LogP contribution in [-0.4, -0.2) is 22.0 Å². The Kier molecular flexibility index (Phi) is 10.2. The number of carbonyl (C=O) groups is 1. The molecule has 0 saturated carbocycles. The van der Waals surface area contributed by atoms with Gasteiger partial charge in [-0.25, -0.2) is 4.99 Å². The minimum absolute atomic E-state index is 0.0101. The van der Waals surface area contributed by atoms with Crippen LogP contribution in [0.5, 0.6) is 11.5 Å². The Morgan fingerprint density at radius 3 is 2.43 bits per heavy atom. The minimum Gasteiger partial charge on any atom is -0.494 e. The maximum atomic E-state index is 14.3. The normalized spacial score (nSPS) is 14.2. The Labute approximate surface area is 301 Å². The van der Waals surface area contributed by atoms with Gasteiger partial charge in [0, 0.05) is 27.9 Å². The smallest absolute Gasteiger partial charge is 0.271 e. The van der Waals surface area contributed by atoms with E-state index in [-0.39, 0.29) is 23.8 Å². The molecule has 2 heterocycles. The molecule has 0 fully saturated rings. The molecule has 13 heteroatoms. The highest BCUT2D eigenvalue weighted by Gasteiger charge is 2.32. The molecule has 0 saturated heterocycles. The van der Waals surface area contributed by atoms with E-state index in [2.05, 4.69) is 37.2 Å². The summed E-state index contributed by atoms with van der Waals surface area (Å²) in [6.07, 6.45) is 1.74. The molecule has 1 N–H and O–H groups in total. The molecule has 4 aromatic carbocycles. The summed E-state index contributed by atoms with van der Waals surface area (Å²) in [6, 6.07) is 25.5. The van der Waals surface area contributed by atoms with E-state index in [0.717, 1.165) is 15.6 Å². The van der Waals surface area contributed by atoms with Crippen molar-refractivity contribution in [3.05, 3.63) is 158 Å². The molecule has 1 atom stereocenters. The topological polar surface area (TPSA) is 125 Å². The summed E-state index contributed by atoms with van der Waals surface area (Å²) in [6.45, 7) is 4.31. The maximum absolute atomic E-state index is 14.3. The molecule has 0 radical (unpaired) electrons. The summed E-state index contributed by atoms with van der Waals surface area (Å²) >= 11 is 8.34. The lowest BCUT2D eigenvalue weighted by Gasteiger charge is -2.25. The van der Waals surface area contributed by atoms with E-state index >= 15 is 0 Å². The van der Waals surface area contributed by atoms with Crippen LogP contribution in [0.4, 0.5) is 11.4 Å². The van der Waals surface area contributed by atoms with Crippen molar-refractivity contribution < 1.29 is 19.2 Å². The second kappa shape index (κ2) is 14.7. The fourth-order valence-electron chi connectivity index (χ4n) is 5.41. The number of benzene rings is 4. The lowest BCUT2D eigenvalue weighted by Crippen LogP contribution is -2.40. The first kappa shape index (κ1) is 34.0. The first-order valence-electron chi connectivity index (χ1n) is 15.1. The van der Waals surface area contributed by atoms with Crippen molar-refractivity contribution in [1.29, 1.82) is 0 Å². The second-order valence-electron chi connectivity index (χ2n) is 10.9. The van der Waals surface area contributed by atoms with Crippen molar-refractivity contribution in [3.63, 3.8) is 0 Å². The van der Waals surface area contributed by atoms with Crippen molar-refractivity contribution >= 4 is 66.6 Å². The van der Waals surface area contributed by atoms with Gasteiger partial charge >= 0.3 is 0 Å². The van der Waals surface area contributed by atoms with Crippen molar-refractivity contribution in [2.45, 2.75) is 26.5 Å². The summed E-state index contributed by atoms with van der Waals surface area (Å²) in [7, 11) is 0. The van der Waals surface area contributed by atoms with Crippen molar-refractivity contribution in [3.8, 4) is 11.5 Å². The number of hydrogen-bond acceptors (Lipinski definition) is 8. The van der Waals surface area contributed by atoms with Gasteiger partial charge in [-0.15, -0.1) is 0 Å². The zero-order valence-electron chi connectivity index (χ0n) is 26.2. The van der Waals surface area contributed by atoms with Gasteiger partial charge in [-0.1, -0.05) is 57.6 Å². The van der Waals surface area contributed by atoms with E-state index in [1.165, 1.54) is 23.5 Å². The molecule has 1 aliphatic heterocycles. The number of halogens is 2. The van der Waals surface area contributed by atoms with Crippen LogP contribution in [0, 0.1) is 10.1 Å². The first-order valence-corrected chi connectivity index (χ1v) is 17.5. The number of nitro groups is 1. The summed E-state index contributed by atoms with van der Waals surface area (Å²) in [5, 5.41) is 14.0. The summed E-state index contributed by atoms with van der Waals surface area (Å²) in [4.78, 5) is 44.0. The second-order valence-corrected chi connectivity index (χ2v) is 13.7. The number of hydrogen-bond donors (Lipinski definition) is 1. The molecular weight excluding hydrogens is 776 g/mol. The number of allylic oxidation sites excluding steroid dienone is 1. The molecule has 0 aliphatic carbocycles. The number of thiazole rings is 1. The predicted molar refractivity (Wildman–Crippen MR) is 196 cm³/mol. The van der Waals surface area contributed by atoms with Gasteiger partial charge < -0.3 is 14.8 Å². The SMILES string of the molecule is CCOc1ccc([C@@H]2C(C(=O)Nc3ccccc3)=C(C)N=c3s/c(=C\c4cc(Br)cc(Br)c4OCc4ccc([N+](=O)[O-])cc4)c(=O)n32)cc1. The fourth-order valence-corrected chi connectivity index (χ4v) is 7.82. The third kappa shape index (κ3) is 7.43. The standard InChI is InChI=1S/C36H28Br2N4O6S/c1-3-47-28-15-11-23(12-16-28)32-31(34(43)40-26-7-5-4-6-8-26)21(2)39-36-41(32)35(44)30(49-36)18-24-17-25(37)19-29(38)33(24)48-20-22-9-13-27(14-10-22)42(45)46/h4-19,32H,3,20H2,1-2H3,(H,40,43)/b30-18-/t32-/m1/s1. The summed E-state index contributed by atoms with van der Waals surface area (Å²) < 4.78 is 15.2. The van der Waals surface area contributed by atoms with Gasteiger partial charge in [0.05, 0.1) is 37.8 Å². The molecule has 6 rings (SSSR count). The average Bonchev–Trinajstić information content (AvgIpc) is 3.38. The molecule has 0 unspecified atom stereocenters. The molecular formula is C36H28Br2N4O6S. The number of non-ortho nitro benzene ring substituents is 1. The van der Waals surface area contributed by atoms with Crippen LogP contribution >= 0.6 is 43.2 Å². The van der Waals surface area contributed by atoms with E-state index in [0.29, 0.717) is 54.4 Å².